The molecule has 12 rings (SSSR count). The molecule has 1 aliphatic rings. The van der Waals surface area contributed by atoms with Crippen LogP contribution in [0.2, 0.25) is 0 Å². The zero-order chi connectivity index (χ0) is 42.5. The molecular formula is C60H48N2O. The zero-order valence-corrected chi connectivity index (χ0v) is 36.2. The molecule has 0 saturated heterocycles. The summed E-state index contributed by atoms with van der Waals surface area (Å²) in [6.07, 6.45) is 2.36. The van der Waals surface area contributed by atoms with Gasteiger partial charge in [0.05, 0.1) is 22.1 Å². The predicted molar refractivity (Wildman–Crippen MR) is 266 cm³/mol. The Kier molecular flexibility index (Phi) is 8.36. The Morgan fingerprint density at radius 1 is 0.460 bits per heavy atom. The van der Waals surface area contributed by atoms with Crippen LogP contribution in [0, 0.1) is 0 Å². The van der Waals surface area contributed by atoms with Crippen molar-refractivity contribution < 1.29 is 4.42 Å². The van der Waals surface area contributed by atoms with Crippen molar-refractivity contribution in [2.45, 2.75) is 51.4 Å². The standard InChI is InChI=1S/C60H48N2O/c1-59(2)33-34-60(3,4)58-47(22-13-23-51(58)59)43-19-12-20-45(35-43)62-53-37-42-18-9-8-17-41(42)36-50(53)48-32-31-46(38-54(48)62)61(44-29-27-40(28-30-44)39-15-6-5-7-16-39)52-24-14-26-56-57(52)49-21-10-11-25-55(49)63-56/h5-32,35-38H,33-34H2,1-4H3. The normalized spacial score (nSPS) is 14.5. The van der Waals surface area contributed by atoms with Crippen molar-refractivity contribution in [3.63, 3.8) is 0 Å². The number of nitrogens with zero attached hydrogens (tertiary/aromatic N) is 2. The molecule has 0 radical (unpaired) electrons. The third kappa shape index (κ3) is 6.02. The number of benzene rings is 9. The lowest BCUT2D eigenvalue weighted by atomic mass is 9.61. The second kappa shape index (κ2) is 14.1. The Morgan fingerprint density at radius 3 is 1.95 bits per heavy atom. The molecule has 1 aliphatic carbocycles. The van der Waals surface area contributed by atoms with Crippen LogP contribution in [0.4, 0.5) is 17.1 Å². The molecule has 0 N–H and O–H groups in total. The van der Waals surface area contributed by atoms with Crippen LogP contribution in [0.5, 0.6) is 0 Å². The fourth-order valence-electron chi connectivity index (χ4n) is 10.7. The molecule has 304 valence electrons. The molecule has 2 aromatic heterocycles. The number of fused-ring (bicyclic) bond motifs is 8. The molecule has 3 heteroatoms. The van der Waals surface area contributed by atoms with Crippen LogP contribution in [0.25, 0.3) is 82.5 Å². The van der Waals surface area contributed by atoms with Crippen LogP contribution in [0.3, 0.4) is 0 Å². The van der Waals surface area contributed by atoms with E-state index in [0.29, 0.717) is 0 Å². The molecule has 0 atom stereocenters. The van der Waals surface area contributed by atoms with Gasteiger partial charge < -0.3 is 13.9 Å². The second-order valence-corrected chi connectivity index (χ2v) is 18.8. The Hall–Kier alpha value is -7.36. The summed E-state index contributed by atoms with van der Waals surface area (Å²) in [6, 6.07) is 71.2. The topological polar surface area (TPSA) is 21.3 Å². The number of para-hydroxylation sites is 1. The minimum Gasteiger partial charge on any atom is -0.456 e. The number of anilines is 3. The number of aromatic nitrogens is 1. The maximum absolute atomic E-state index is 6.49. The average molecular weight is 813 g/mol. The highest BCUT2D eigenvalue weighted by Gasteiger charge is 2.38. The van der Waals surface area contributed by atoms with Crippen molar-refractivity contribution >= 4 is 71.6 Å². The van der Waals surface area contributed by atoms with E-state index < -0.39 is 0 Å². The van der Waals surface area contributed by atoms with Gasteiger partial charge in [0.1, 0.15) is 11.2 Å². The third-order valence-electron chi connectivity index (χ3n) is 14.0. The zero-order valence-electron chi connectivity index (χ0n) is 36.2. The summed E-state index contributed by atoms with van der Waals surface area (Å²) in [5, 5.41) is 7.12. The summed E-state index contributed by atoms with van der Waals surface area (Å²) in [7, 11) is 0. The summed E-state index contributed by atoms with van der Waals surface area (Å²) < 4.78 is 8.99. The highest BCUT2D eigenvalue weighted by molar-refractivity contribution is 6.16. The van der Waals surface area contributed by atoms with E-state index >= 15 is 0 Å². The van der Waals surface area contributed by atoms with E-state index in [0.717, 1.165) is 50.2 Å². The van der Waals surface area contributed by atoms with Crippen LogP contribution in [-0.2, 0) is 10.8 Å². The van der Waals surface area contributed by atoms with Gasteiger partial charge in [-0.15, -0.1) is 0 Å². The SMILES string of the molecule is CC1(C)CCC(C)(C)c2c(-c3cccc(-n4c5cc(N(c6ccc(-c7ccccc7)cc6)c6cccc7oc8ccccc8c67)ccc5c5cc6ccccc6cc54)c3)cccc21. The lowest BCUT2D eigenvalue weighted by molar-refractivity contribution is 0.333. The largest absolute Gasteiger partial charge is 0.456 e. The molecule has 2 heterocycles. The van der Waals surface area contributed by atoms with Crippen molar-refractivity contribution in [2.75, 3.05) is 4.90 Å². The van der Waals surface area contributed by atoms with Gasteiger partial charge in [0.25, 0.3) is 0 Å². The minimum absolute atomic E-state index is 0.0735. The van der Waals surface area contributed by atoms with Gasteiger partial charge in [0.15, 0.2) is 0 Å². The molecule has 11 aromatic rings. The first-order valence-electron chi connectivity index (χ1n) is 22.3. The van der Waals surface area contributed by atoms with Gasteiger partial charge in [-0.1, -0.05) is 155 Å². The van der Waals surface area contributed by atoms with Crippen molar-refractivity contribution in [2.24, 2.45) is 0 Å². The van der Waals surface area contributed by atoms with Gasteiger partial charge in [-0.05, 0) is 135 Å². The number of hydrogen-bond acceptors (Lipinski definition) is 2. The first-order chi connectivity index (χ1) is 30.7. The molecule has 3 nitrogen and oxygen atoms in total. The predicted octanol–water partition coefficient (Wildman–Crippen LogP) is 17.0. The van der Waals surface area contributed by atoms with Crippen LogP contribution in [-0.4, -0.2) is 4.57 Å². The van der Waals surface area contributed by atoms with E-state index in [1.54, 1.807) is 0 Å². The van der Waals surface area contributed by atoms with Crippen LogP contribution in [0.1, 0.15) is 51.7 Å². The van der Waals surface area contributed by atoms with Crippen molar-refractivity contribution in [3.05, 3.63) is 205 Å². The maximum atomic E-state index is 6.49. The molecule has 0 amide bonds. The average Bonchev–Trinajstić information content (AvgIpc) is 3.86. The third-order valence-corrected chi connectivity index (χ3v) is 14.0. The van der Waals surface area contributed by atoms with Crippen molar-refractivity contribution in [3.8, 4) is 27.9 Å². The minimum atomic E-state index is 0.0735. The van der Waals surface area contributed by atoms with Crippen LogP contribution < -0.4 is 4.90 Å². The first kappa shape index (κ1) is 37.4. The molecular weight excluding hydrogens is 765 g/mol. The van der Waals surface area contributed by atoms with E-state index in [4.69, 9.17) is 4.42 Å². The van der Waals surface area contributed by atoms with E-state index in [-0.39, 0.29) is 10.8 Å². The lowest BCUT2D eigenvalue weighted by Gasteiger charge is -2.43. The number of furan rings is 1. The second-order valence-electron chi connectivity index (χ2n) is 18.8. The fourth-order valence-corrected chi connectivity index (χ4v) is 10.7. The van der Waals surface area contributed by atoms with E-state index in [1.807, 2.05) is 6.07 Å². The van der Waals surface area contributed by atoms with Crippen LogP contribution in [0.15, 0.2) is 199 Å². The summed E-state index contributed by atoms with van der Waals surface area (Å²) in [6.45, 7) is 9.69. The van der Waals surface area contributed by atoms with E-state index in [2.05, 4.69) is 225 Å². The molecule has 0 aliphatic heterocycles. The van der Waals surface area contributed by atoms with Gasteiger partial charge in [0, 0.05) is 33.2 Å². The molecule has 0 unspecified atom stereocenters. The van der Waals surface area contributed by atoms with E-state index in [1.165, 1.54) is 73.3 Å². The van der Waals surface area contributed by atoms with Gasteiger partial charge in [-0.25, -0.2) is 0 Å². The van der Waals surface area contributed by atoms with Crippen molar-refractivity contribution in [1.29, 1.82) is 0 Å². The Balaban J connectivity index is 1.11. The highest BCUT2D eigenvalue weighted by Crippen LogP contribution is 2.50. The van der Waals surface area contributed by atoms with Gasteiger partial charge in [0.2, 0.25) is 0 Å². The van der Waals surface area contributed by atoms with Gasteiger partial charge in [-0.3, -0.25) is 0 Å². The molecule has 0 fully saturated rings. The van der Waals surface area contributed by atoms with Gasteiger partial charge in [-0.2, -0.15) is 0 Å². The van der Waals surface area contributed by atoms with Crippen LogP contribution >= 0.6 is 0 Å². The van der Waals surface area contributed by atoms with E-state index in [9.17, 15) is 0 Å². The lowest BCUT2D eigenvalue weighted by Crippen LogP contribution is -2.34. The molecule has 0 bridgehead atoms. The molecule has 0 saturated carbocycles. The Morgan fingerprint density at radius 2 is 1.11 bits per heavy atom. The maximum Gasteiger partial charge on any atom is 0.137 e. The summed E-state index contributed by atoms with van der Waals surface area (Å²) >= 11 is 0. The smallest absolute Gasteiger partial charge is 0.137 e. The van der Waals surface area contributed by atoms with Crippen molar-refractivity contribution in [1.82, 2.24) is 4.57 Å². The fraction of sp³-hybridized carbons (Fsp3) is 0.133. The Labute approximate surface area is 368 Å². The quantitative estimate of drug-likeness (QED) is 0.167. The number of rotatable bonds is 6. The number of hydrogen-bond donors (Lipinski definition) is 0. The highest BCUT2D eigenvalue weighted by atomic mass is 16.3. The summed E-state index contributed by atoms with van der Waals surface area (Å²) in [5.74, 6) is 0. The molecule has 0 spiro atoms. The van der Waals surface area contributed by atoms with Gasteiger partial charge >= 0.3 is 0 Å². The summed E-state index contributed by atoms with van der Waals surface area (Å²) in [5.41, 5.74) is 16.6. The Bertz CT molecular complexity index is 3570. The molecule has 63 heavy (non-hydrogen) atoms. The monoisotopic (exact) mass is 812 g/mol. The summed E-state index contributed by atoms with van der Waals surface area (Å²) in [4.78, 5) is 2.41. The molecule has 9 aromatic carbocycles. The first-order valence-corrected chi connectivity index (χ1v) is 22.3.